The molecule has 10 aromatic rings. The number of nitrogens with zero attached hydrogens (tertiary/aromatic N) is 2. The monoisotopic (exact) mass is 652 g/mol. The van der Waals surface area contributed by atoms with E-state index in [1.165, 1.54) is 21.8 Å². The molecule has 2 heterocycles. The predicted molar refractivity (Wildman–Crippen MR) is 214 cm³/mol. The molecule has 0 saturated carbocycles. The summed E-state index contributed by atoms with van der Waals surface area (Å²) in [4.78, 5) is 2.40. The van der Waals surface area contributed by atoms with E-state index in [4.69, 9.17) is 4.42 Å². The maximum Gasteiger partial charge on any atom is 0.137 e. The minimum Gasteiger partial charge on any atom is -0.456 e. The maximum atomic E-state index is 6.40. The van der Waals surface area contributed by atoms with Crippen molar-refractivity contribution in [3.8, 4) is 27.9 Å². The predicted octanol–water partition coefficient (Wildman–Crippen LogP) is 13.5. The van der Waals surface area contributed by atoms with Gasteiger partial charge in [0.15, 0.2) is 0 Å². The second-order valence-corrected chi connectivity index (χ2v) is 12.9. The number of hydrogen-bond acceptors (Lipinski definition) is 2. The third kappa shape index (κ3) is 4.82. The third-order valence-electron chi connectivity index (χ3n) is 9.97. The molecule has 3 heteroatoms. The van der Waals surface area contributed by atoms with Crippen molar-refractivity contribution in [3.63, 3.8) is 0 Å². The first-order chi connectivity index (χ1) is 25.3. The number of anilines is 3. The van der Waals surface area contributed by atoms with Crippen molar-refractivity contribution in [2.75, 3.05) is 4.90 Å². The van der Waals surface area contributed by atoms with Crippen molar-refractivity contribution in [3.05, 3.63) is 194 Å². The van der Waals surface area contributed by atoms with Crippen LogP contribution in [0.15, 0.2) is 199 Å². The van der Waals surface area contributed by atoms with E-state index in [0.717, 1.165) is 66.9 Å². The van der Waals surface area contributed by atoms with Gasteiger partial charge in [0, 0.05) is 33.1 Å². The van der Waals surface area contributed by atoms with Gasteiger partial charge in [-0.25, -0.2) is 0 Å². The first-order valence-corrected chi connectivity index (χ1v) is 17.4. The summed E-state index contributed by atoms with van der Waals surface area (Å²) < 4.78 is 8.78. The van der Waals surface area contributed by atoms with Gasteiger partial charge in [0.1, 0.15) is 11.2 Å². The summed E-state index contributed by atoms with van der Waals surface area (Å²) in [6, 6.07) is 69.2. The van der Waals surface area contributed by atoms with Crippen LogP contribution in [0.5, 0.6) is 0 Å². The van der Waals surface area contributed by atoms with Crippen LogP contribution in [-0.4, -0.2) is 4.57 Å². The van der Waals surface area contributed by atoms with E-state index in [-0.39, 0.29) is 0 Å². The van der Waals surface area contributed by atoms with Crippen LogP contribution in [0.4, 0.5) is 17.1 Å². The maximum absolute atomic E-state index is 6.40. The van der Waals surface area contributed by atoms with Gasteiger partial charge in [0.05, 0.1) is 27.8 Å². The summed E-state index contributed by atoms with van der Waals surface area (Å²) in [5, 5.41) is 4.71. The van der Waals surface area contributed by atoms with Gasteiger partial charge in [-0.15, -0.1) is 0 Å². The van der Waals surface area contributed by atoms with Gasteiger partial charge in [-0.3, -0.25) is 0 Å². The number of furan rings is 1. The zero-order chi connectivity index (χ0) is 33.7. The summed E-state index contributed by atoms with van der Waals surface area (Å²) in [6.07, 6.45) is 0. The minimum absolute atomic E-state index is 0.867. The second kappa shape index (κ2) is 11.9. The third-order valence-corrected chi connectivity index (χ3v) is 9.97. The molecule has 0 atom stereocenters. The number of hydrogen-bond donors (Lipinski definition) is 0. The molecule has 0 saturated heterocycles. The van der Waals surface area contributed by atoms with Crippen molar-refractivity contribution < 1.29 is 4.42 Å². The Balaban J connectivity index is 1.18. The zero-order valence-corrected chi connectivity index (χ0v) is 27.8. The molecule has 0 fully saturated rings. The second-order valence-electron chi connectivity index (χ2n) is 12.9. The van der Waals surface area contributed by atoms with E-state index in [0.29, 0.717) is 0 Å². The van der Waals surface area contributed by atoms with Crippen LogP contribution in [-0.2, 0) is 0 Å². The molecule has 10 rings (SSSR count). The van der Waals surface area contributed by atoms with Gasteiger partial charge in [-0.2, -0.15) is 0 Å². The molecule has 0 bridgehead atoms. The molecule has 0 aliphatic carbocycles. The lowest BCUT2D eigenvalue weighted by molar-refractivity contribution is 0.669. The Hall–Kier alpha value is -6.84. The number of para-hydroxylation sites is 4. The van der Waals surface area contributed by atoms with E-state index < -0.39 is 0 Å². The highest BCUT2D eigenvalue weighted by atomic mass is 16.3. The van der Waals surface area contributed by atoms with E-state index in [9.17, 15) is 0 Å². The highest BCUT2D eigenvalue weighted by Gasteiger charge is 2.22. The highest BCUT2D eigenvalue weighted by molar-refractivity contribution is 6.14. The Bertz CT molecular complexity index is 2830. The van der Waals surface area contributed by atoms with E-state index in [1.807, 2.05) is 12.1 Å². The average Bonchev–Trinajstić information content (AvgIpc) is 3.75. The lowest BCUT2D eigenvalue weighted by Gasteiger charge is -2.29. The van der Waals surface area contributed by atoms with Crippen LogP contribution in [0.3, 0.4) is 0 Å². The SMILES string of the molecule is c1ccc(-c2ccccc2N(c2cccc(-c3cccc(-n4c5ccccc5c5ccccc54)c3)c2)c2cccc3oc4ccccc4c23)cc1. The normalized spacial score (nSPS) is 11.5. The smallest absolute Gasteiger partial charge is 0.137 e. The van der Waals surface area contributed by atoms with Gasteiger partial charge in [-0.05, 0) is 77.4 Å². The molecule has 0 N–H and O–H groups in total. The van der Waals surface area contributed by atoms with Crippen LogP contribution in [0.1, 0.15) is 0 Å². The molecular weight excluding hydrogens is 621 g/mol. The van der Waals surface area contributed by atoms with Crippen LogP contribution in [0.25, 0.3) is 71.7 Å². The lowest BCUT2D eigenvalue weighted by Crippen LogP contribution is -2.11. The van der Waals surface area contributed by atoms with Crippen molar-refractivity contribution in [1.82, 2.24) is 4.57 Å². The van der Waals surface area contributed by atoms with Crippen LogP contribution >= 0.6 is 0 Å². The van der Waals surface area contributed by atoms with E-state index in [2.05, 4.69) is 191 Å². The molecule has 0 unspecified atom stereocenters. The molecule has 3 nitrogen and oxygen atoms in total. The number of benzene rings is 8. The van der Waals surface area contributed by atoms with Crippen LogP contribution in [0, 0.1) is 0 Å². The fraction of sp³-hybridized carbons (Fsp3) is 0. The molecule has 0 aliphatic heterocycles. The standard InChI is InChI=1S/C48H32N2O/c1-2-15-33(16-3-1)38-21-4-8-25-42(38)50(45-28-14-30-47-48(45)41-24-7-11-29-46(41)51-47)37-20-13-18-35(32-37)34-17-12-19-36(31-34)49-43-26-9-5-22-39(43)40-23-6-10-27-44(40)49/h1-32H. The zero-order valence-electron chi connectivity index (χ0n) is 27.8. The summed E-state index contributed by atoms with van der Waals surface area (Å²) in [5.74, 6) is 0. The molecular formula is C48H32N2O. The Morgan fingerprint density at radius 2 is 0.961 bits per heavy atom. The van der Waals surface area contributed by atoms with Gasteiger partial charge >= 0.3 is 0 Å². The molecule has 0 amide bonds. The molecule has 0 radical (unpaired) electrons. The Morgan fingerprint density at radius 3 is 1.76 bits per heavy atom. The summed E-state index contributed by atoms with van der Waals surface area (Å²) in [7, 11) is 0. The van der Waals surface area contributed by atoms with E-state index in [1.54, 1.807) is 0 Å². The first-order valence-electron chi connectivity index (χ1n) is 17.4. The van der Waals surface area contributed by atoms with Crippen LogP contribution < -0.4 is 4.90 Å². The van der Waals surface area contributed by atoms with Gasteiger partial charge < -0.3 is 13.9 Å². The molecule has 0 spiro atoms. The van der Waals surface area contributed by atoms with E-state index >= 15 is 0 Å². The Morgan fingerprint density at radius 1 is 0.392 bits per heavy atom. The number of aromatic nitrogens is 1. The first kappa shape index (κ1) is 29.1. The largest absolute Gasteiger partial charge is 0.456 e. The lowest BCUT2D eigenvalue weighted by atomic mass is 9.99. The molecule has 2 aromatic heterocycles. The fourth-order valence-corrected chi connectivity index (χ4v) is 7.73. The number of rotatable bonds is 6. The topological polar surface area (TPSA) is 21.3 Å². The quantitative estimate of drug-likeness (QED) is 0.178. The molecule has 0 aliphatic rings. The highest BCUT2D eigenvalue weighted by Crippen LogP contribution is 2.46. The number of fused-ring (bicyclic) bond motifs is 6. The Kier molecular flexibility index (Phi) is 6.81. The summed E-state index contributed by atoms with van der Waals surface area (Å²) in [6.45, 7) is 0. The van der Waals surface area contributed by atoms with Crippen molar-refractivity contribution in [2.45, 2.75) is 0 Å². The summed E-state index contributed by atoms with van der Waals surface area (Å²) in [5.41, 5.74) is 13.1. The molecule has 240 valence electrons. The van der Waals surface area contributed by atoms with Gasteiger partial charge in [-0.1, -0.05) is 133 Å². The molecule has 8 aromatic carbocycles. The molecule has 51 heavy (non-hydrogen) atoms. The summed E-state index contributed by atoms with van der Waals surface area (Å²) >= 11 is 0. The van der Waals surface area contributed by atoms with Crippen molar-refractivity contribution in [2.24, 2.45) is 0 Å². The van der Waals surface area contributed by atoms with Crippen molar-refractivity contribution in [1.29, 1.82) is 0 Å². The van der Waals surface area contributed by atoms with Gasteiger partial charge in [0.2, 0.25) is 0 Å². The van der Waals surface area contributed by atoms with Crippen LogP contribution in [0.2, 0.25) is 0 Å². The average molecular weight is 653 g/mol. The minimum atomic E-state index is 0.867. The fourth-order valence-electron chi connectivity index (χ4n) is 7.73. The Labute approximate surface area is 295 Å². The van der Waals surface area contributed by atoms with Crippen molar-refractivity contribution >= 4 is 60.8 Å². The van der Waals surface area contributed by atoms with Gasteiger partial charge in [0.25, 0.3) is 0 Å².